The van der Waals surface area contributed by atoms with Crippen molar-refractivity contribution in [1.82, 2.24) is 0 Å². The first-order valence-electron chi connectivity index (χ1n) is 4.57. The second kappa shape index (κ2) is 3.58. The minimum absolute atomic E-state index is 0.0216. The highest BCUT2D eigenvalue weighted by Gasteiger charge is 2.18. The van der Waals surface area contributed by atoms with Crippen molar-refractivity contribution >= 4 is 0 Å². The number of hydrogen-bond donors (Lipinski definition) is 2. The third kappa shape index (κ3) is 2.45. The van der Waals surface area contributed by atoms with Crippen LogP contribution in [0.2, 0.25) is 0 Å². The maximum Gasteiger partial charge on any atom is 0.133 e. The van der Waals surface area contributed by atoms with E-state index in [2.05, 4.69) is 0 Å². The average Bonchev–Trinajstić information content (AvgIpc) is 2.04. The maximum absolute atomic E-state index is 13.6. The molecule has 2 nitrogen and oxygen atoms in total. The molecule has 0 unspecified atom stereocenters. The molecule has 0 atom stereocenters. The lowest BCUT2D eigenvalue weighted by molar-refractivity contribution is 0.434. The smallest absolute Gasteiger partial charge is 0.133 e. The van der Waals surface area contributed by atoms with Crippen molar-refractivity contribution in [3.8, 4) is 5.75 Å². The highest BCUT2D eigenvalue weighted by Crippen LogP contribution is 2.25. The molecule has 0 aromatic heterocycles. The largest absolute Gasteiger partial charge is 0.508 e. The number of benzene rings is 1. The normalized spacial score (nSPS) is 11.8. The van der Waals surface area contributed by atoms with E-state index in [1.165, 1.54) is 6.07 Å². The zero-order valence-electron chi connectivity index (χ0n) is 8.76. The molecule has 0 saturated carbocycles. The summed E-state index contributed by atoms with van der Waals surface area (Å²) in [5, 5.41) is 9.48. The predicted molar refractivity (Wildman–Crippen MR) is 54.8 cm³/mol. The van der Waals surface area contributed by atoms with E-state index in [4.69, 9.17) is 5.73 Å². The van der Waals surface area contributed by atoms with Crippen molar-refractivity contribution in [2.24, 2.45) is 5.73 Å². The first-order chi connectivity index (χ1) is 6.31. The molecule has 0 radical (unpaired) electrons. The summed E-state index contributed by atoms with van der Waals surface area (Å²) in [6.07, 6.45) is 0.326. The number of aryl methyl sites for hydroxylation is 1. The monoisotopic (exact) mass is 197 g/mol. The van der Waals surface area contributed by atoms with Crippen molar-refractivity contribution in [2.45, 2.75) is 32.7 Å². The second-order valence-corrected chi connectivity index (χ2v) is 4.36. The molecule has 0 heterocycles. The fourth-order valence-electron chi connectivity index (χ4n) is 1.35. The molecule has 0 aliphatic rings. The van der Waals surface area contributed by atoms with Gasteiger partial charge in [-0.25, -0.2) is 4.39 Å². The summed E-state index contributed by atoms with van der Waals surface area (Å²) in [4.78, 5) is 0. The number of hydrogen-bond acceptors (Lipinski definition) is 2. The Labute approximate surface area is 83.6 Å². The van der Waals surface area contributed by atoms with Gasteiger partial charge in [0.15, 0.2) is 0 Å². The lowest BCUT2D eigenvalue weighted by atomic mass is 9.94. The molecular formula is C11H16FNO. The lowest BCUT2D eigenvalue weighted by Crippen LogP contribution is -2.34. The van der Waals surface area contributed by atoms with Gasteiger partial charge >= 0.3 is 0 Å². The average molecular weight is 197 g/mol. The van der Waals surface area contributed by atoms with Gasteiger partial charge in [-0.2, -0.15) is 0 Å². The third-order valence-corrected chi connectivity index (χ3v) is 2.04. The van der Waals surface area contributed by atoms with Crippen LogP contribution in [-0.4, -0.2) is 10.6 Å². The Morgan fingerprint density at radius 1 is 1.43 bits per heavy atom. The summed E-state index contributed by atoms with van der Waals surface area (Å²) in [5.74, 6) is -0.379. The molecule has 1 rings (SSSR count). The molecule has 0 saturated heterocycles. The van der Waals surface area contributed by atoms with Crippen LogP contribution in [0.25, 0.3) is 0 Å². The summed E-state index contributed by atoms with van der Waals surface area (Å²) in [6.45, 7) is 5.27. The van der Waals surface area contributed by atoms with Gasteiger partial charge in [-0.3, -0.25) is 0 Å². The molecule has 1 aromatic carbocycles. The Morgan fingerprint density at radius 2 is 2.00 bits per heavy atom. The number of nitrogens with two attached hydrogens (primary N) is 1. The van der Waals surface area contributed by atoms with E-state index in [9.17, 15) is 9.50 Å². The van der Waals surface area contributed by atoms with Crippen molar-refractivity contribution in [3.05, 3.63) is 29.1 Å². The van der Waals surface area contributed by atoms with Gasteiger partial charge in [0.25, 0.3) is 0 Å². The molecule has 0 spiro atoms. The first-order valence-corrected chi connectivity index (χ1v) is 4.57. The molecule has 0 amide bonds. The van der Waals surface area contributed by atoms with E-state index in [1.54, 1.807) is 26.8 Å². The van der Waals surface area contributed by atoms with Gasteiger partial charge in [0.2, 0.25) is 0 Å². The minimum Gasteiger partial charge on any atom is -0.508 e. The van der Waals surface area contributed by atoms with E-state index in [1.807, 2.05) is 0 Å². The molecule has 0 fully saturated rings. The van der Waals surface area contributed by atoms with Crippen LogP contribution in [0.5, 0.6) is 5.75 Å². The van der Waals surface area contributed by atoms with Crippen molar-refractivity contribution in [1.29, 1.82) is 0 Å². The number of phenols is 1. The van der Waals surface area contributed by atoms with Gasteiger partial charge in [-0.05, 0) is 38.8 Å². The lowest BCUT2D eigenvalue weighted by Gasteiger charge is -2.20. The van der Waals surface area contributed by atoms with Gasteiger partial charge < -0.3 is 10.8 Å². The molecule has 78 valence electrons. The van der Waals surface area contributed by atoms with Crippen molar-refractivity contribution < 1.29 is 9.50 Å². The van der Waals surface area contributed by atoms with Gasteiger partial charge in [0.1, 0.15) is 11.6 Å². The Hall–Kier alpha value is -1.09. The Bertz CT molecular complexity index is 342. The zero-order chi connectivity index (χ0) is 10.9. The fourth-order valence-corrected chi connectivity index (χ4v) is 1.35. The first kappa shape index (κ1) is 11.0. The third-order valence-electron chi connectivity index (χ3n) is 2.04. The second-order valence-electron chi connectivity index (χ2n) is 4.36. The minimum atomic E-state index is -0.522. The Kier molecular flexibility index (Phi) is 2.81. The van der Waals surface area contributed by atoms with Crippen LogP contribution >= 0.6 is 0 Å². The van der Waals surface area contributed by atoms with Gasteiger partial charge in [-0.15, -0.1) is 0 Å². The summed E-state index contributed by atoms with van der Waals surface area (Å²) >= 11 is 0. The predicted octanol–water partition coefficient (Wildman–Crippen LogP) is 2.12. The van der Waals surface area contributed by atoms with E-state index in [-0.39, 0.29) is 11.6 Å². The molecule has 3 N–H and O–H groups in total. The van der Waals surface area contributed by atoms with E-state index >= 15 is 0 Å². The molecule has 3 heteroatoms. The van der Waals surface area contributed by atoms with Crippen molar-refractivity contribution in [2.75, 3.05) is 0 Å². The van der Waals surface area contributed by atoms with Crippen LogP contribution in [0.3, 0.4) is 0 Å². The molecule has 0 bridgehead atoms. The molecule has 1 aromatic rings. The quantitative estimate of drug-likeness (QED) is 0.762. The molecule has 0 aliphatic heterocycles. The molecular weight excluding hydrogens is 181 g/mol. The topological polar surface area (TPSA) is 46.2 Å². The molecule has 14 heavy (non-hydrogen) atoms. The zero-order valence-corrected chi connectivity index (χ0v) is 8.76. The highest BCUT2D eigenvalue weighted by molar-refractivity contribution is 5.38. The standard InChI is InChI=1S/C11H16FNO/c1-7-4-5-9(14)8(10(7)12)6-11(2,3)13/h4-5,14H,6,13H2,1-3H3. The summed E-state index contributed by atoms with van der Waals surface area (Å²) in [7, 11) is 0. The maximum atomic E-state index is 13.6. The Morgan fingerprint density at radius 3 is 2.50 bits per heavy atom. The summed E-state index contributed by atoms with van der Waals surface area (Å²) in [6, 6.07) is 3.05. The van der Waals surface area contributed by atoms with Gasteiger partial charge in [0, 0.05) is 11.1 Å². The van der Waals surface area contributed by atoms with Crippen LogP contribution in [0, 0.1) is 12.7 Å². The van der Waals surface area contributed by atoms with Crippen LogP contribution in [0.1, 0.15) is 25.0 Å². The number of rotatable bonds is 2. The van der Waals surface area contributed by atoms with Crippen molar-refractivity contribution in [3.63, 3.8) is 0 Å². The number of halogens is 1. The van der Waals surface area contributed by atoms with Crippen LogP contribution in [0.4, 0.5) is 4.39 Å². The SMILES string of the molecule is Cc1ccc(O)c(CC(C)(C)N)c1F. The highest BCUT2D eigenvalue weighted by atomic mass is 19.1. The van der Waals surface area contributed by atoms with Crippen LogP contribution in [0.15, 0.2) is 12.1 Å². The van der Waals surface area contributed by atoms with Gasteiger partial charge in [-0.1, -0.05) is 6.07 Å². The van der Waals surface area contributed by atoms with E-state index in [0.717, 1.165) is 0 Å². The number of aromatic hydroxyl groups is 1. The fraction of sp³-hybridized carbons (Fsp3) is 0.455. The van der Waals surface area contributed by atoms with Crippen LogP contribution in [-0.2, 0) is 6.42 Å². The Balaban J connectivity index is 3.13. The van der Waals surface area contributed by atoms with E-state index < -0.39 is 5.54 Å². The van der Waals surface area contributed by atoms with E-state index in [0.29, 0.717) is 17.5 Å². The molecule has 0 aliphatic carbocycles. The summed E-state index contributed by atoms with van der Waals surface area (Å²) < 4.78 is 13.6. The summed E-state index contributed by atoms with van der Waals surface area (Å²) in [5.41, 5.74) is 6.09. The van der Waals surface area contributed by atoms with Crippen LogP contribution < -0.4 is 5.73 Å². The van der Waals surface area contributed by atoms with Gasteiger partial charge in [0.05, 0.1) is 0 Å². The number of phenolic OH excluding ortho intramolecular Hbond substituents is 1.